The van der Waals surface area contributed by atoms with E-state index in [4.69, 9.17) is 0 Å². The summed E-state index contributed by atoms with van der Waals surface area (Å²) >= 11 is 3.47. The van der Waals surface area contributed by atoms with Crippen molar-refractivity contribution in [3.8, 4) is 11.3 Å². The summed E-state index contributed by atoms with van der Waals surface area (Å²) < 4.78 is 1.06. The van der Waals surface area contributed by atoms with Crippen LogP contribution in [0.5, 0.6) is 0 Å². The van der Waals surface area contributed by atoms with Gasteiger partial charge < -0.3 is 10.3 Å². The summed E-state index contributed by atoms with van der Waals surface area (Å²) in [6.07, 6.45) is 6.27. The summed E-state index contributed by atoms with van der Waals surface area (Å²) in [4.78, 5) is 20.3. The van der Waals surface area contributed by atoms with Crippen LogP contribution in [0, 0.1) is 0 Å². The van der Waals surface area contributed by atoms with E-state index < -0.39 is 0 Å². The van der Waals surface area contributed by atoms with Crippen molar-refractivity contribution in [2.45, 2.75) is 25.8 Å². The van der Waals surface area contributed by atoms with Gasteiger partial charge in [0.2, 0.25) is 5.91 Å². The van der Waals surface area contributed by atoms with Crippen LogP contribution >= 0.6 is 15.9 Å². The van der Waals surface area contributed by atoms with Crippen LogP contribution in [0.15, 0.2) is 71.0 Å². The highest BCUT2D eigenvalue weighted by molar-refractivity contribution is 9.10. The number of aromatic amines is 1. The molecule has 0 radical (unpaired) electrons. The Labute approximate surface area is 166 Å². The quantitative estimate of drug-likeness (QED) is 0.602. The first-order valence-corrected chi connectivity index (χ1v) is 9.84. The molecule has 1 aliphatic carbocycles. The number of aromatic nitrogens is 2. The van der Waals surface area contributed by atoms with Gasteiger partial charge in [0.25, 0.3) is 0 Å². The highest BCUT2D eigenvalue weighted by Crippen LogP contribution is 2.34. The van der Waals surface area contributed by atoms with Gasteiger partial charge in [0.15, 0.2) is 0 Å². The van der Waals surface area contributed by atoms with Gasteiger partial charge in [0, 0.05) is 40.4 Å². The highest BCUT2D eigenvalue weighted by Gasteiger charge is 2.22. The van der Waals surface area contributed by atoms with Gasteiger partial charge in [-0.05, 0) is 66.3 Å². The van der Waals surface area contributed by atoms with E-state index in [-0.39, 0.29) is 5.91 Å². The molecule has 4 rings (SSSR count). The van der Waals surface area contributed by atoms with Crippen LogP contribution in [0.25, 0.3) is 16.8 Å². The smallest absolute Gasteiger partial charge is 0.247 e. The van der Waals surface area contributed by atoms with Crippen LogP contribution in [0.3, 0.4) is 0 Å². The van der Waals surface area contributed by atoms with E-state index in [1.807, 2.05) is 24.3 Å². The number of carbonyl (C=O) groups is 1. The summed E-state index contributed by atoms with van der Waals surface area (Å²) in [5.74, 6) is 0.0196. The maximum absolute atomic E-state index is 12.7. The number of carbonyl (C=O) groups excluding carboxylic acids is 1. The Morgan fingerprint density at radius 3 is 2.67 bits per heavy atom. The molecule has 3 aromatic rings. The number of hydrogen-bond acceptors (Lipinski definition) is 2. The number of halogens is 1. The second kappa shape index (κ2) is 7.92. The monoisotopic (exact) mass is 421 g/mol. The minimum absolute atomic E-state index is 0.0196. The van der Waals surface area contributed by atoms with Crippen molar-refractivity contribution in [1.29, 1.82) is 0 Å². The molecule has 0 saturated heterocycles. The number of nitrogens with zero attached hydrogens (tertiary/aromatic N) is 1. The molecule has 27 heavy (non-hydrogen) atoms. The lowest BCUT2D eigenvalue weighted by atomic mass is 10.1. The third-order valence-corrected chi connectivity index (χ3v) is 5.36. The van der Waals surface area contributed by atoms with E-state index in [2.05, 4.69) is 55.5 Å². The fourth-order valence-electron chi connectivity index (χ4n) is 3.45. The van der Waals surface area contributed by atoms with E-state index in [1.165, 1.54) is 0 Å². The van der Waals surface area contributed by atoms with Crippen molar-refractivity contribution in [2.24, 2.45) is 0 Å². The van der Waals surface area contributed by atoms with Crippen LogP contribution in [0.4, 0.5) is 0 Å². The Hall–Kier alpha value is -2.66. The summed E-state index contributed by atoms with van der Waals surface area (Å²) in [5.41, 5.74) is 6.25. The van der Waals surface area contributed by atoms with Crippen LogP contribution in [-0.4, -0.2) is 15.9 Å². The maximum Gasteiger partial charge on any atom is 0.247 e. The lowest BCUT2D eigenvalue weighted by Gasteiger charge is -2.08. The number of H-pyrrole nitrogens is 1. The Balaban J connectivity index is 1.53. The van der Waals surface area contributed by atoms with Gasteiger partial charge in [-0.15, -0.1) is 0 Å². The maximum atomic E-state index is 12.7. The molecule has 0 atom stereocenters. The predicted molar refractivity (Wildman–Crippen MR) is 111 cm³/mol. The molecule has 0 unspecified atom stereocenters. The molecule has 2 aromatic heterocycles. The number of benzene rings is 1. The molecule has 0 saturated carbocycles. The fraction of sp³-hybridized carbons (Fsp3) is 0.182. The zero-order valence-electron chi connectivity index (χ0n) is 14.8. The molecule has 4 nitrogen and oxygen atoms in total. The highest BCUT2D eigenvalue weighted by atomic mass is 79.9. The predicted octanol–water partition coefficient (Wildman–Crippen LogP) is 5.09. The Morgan fingerprint density at radius 1 is 1.07 bits per heavy atom. The van der Waals surface area contributed by atoms with Gasteiger partial charge in [-0.3, -0.25) is 9.78 Å². The average molecular weight is 422 g/mol. The Morgan fingerprint density at radius 2 is 1.89 bits per heavy atom. The van der Waals surface area contributed by atoms with Gasteiger partial charge in [0.05, 0.1) is 0 Å². The summed E-state index contributed by atoms with van der Waals surface area (Å²) in [5, 5.41) is 3.03. The van der Waals surface area contributed by atoms with Gasteiger partial charge in [-0.25, -0.2) is 0 Å². The van der Waals surface area contributed by atoms with Gasteiger partial charge >= 0.3 is 0 Å². The van der Waals surface area contributed by atoms with Crippen molar-refractivity contribution in [1.82, 2.24) is 15.3 Å². The lowest BCUT2D eigenvalue weighted by molar-refractivity contribution is -0.117. The summed E-state index contributed by atoms with van der Waals surface area (Å²) in [6, 6.07) is 16.2. The summed E-state index contributed by atoms with van der Waals surface area (Å²) in [6.45, 7) is 0.498. The Kier molecular flexibility index (Phi) is 5.21. The normalized spacial score (nSPS) is 13.8. The molecule has 2 heterocycles. The molecule has 2 N–H and O–H groups in total. The molecular weight excluding hydrogens is 402 g/mol. The van der Waals surface area contributed by atoms with Crippen LogP contribution in [-0.2, 0) is 11.3 Å². The van der Waals surface area contributed by atoms with Crippen molar-refractivity contribution >= 4 is 27.4 Å². The number of amides is 1. The van der Waals surface area contributed by atoms with Crippen molar-refractivity contribution in [3.05, 3.63) is 82.2 Å². The molecule has 0 fully saturated rings. The molecule has 1 aliphatic rings. The summed E-state index contributed by atoms with van der Waals surface area (Å²) in [7, 11) is 0. The lowest BCUT2D eigenvalue weighted by Crippen LogP contribution is -2.24. The minimum atomic E-state index is 0.0196. The van der Waals surface area contributed by atoms with Crippen molar-refractivity contribution < 1.29 is 4.79 Å². The van der Waals surface area contributed by atoms with Gasteiger partial charge in [-0.2, -0.15) is 0 Å². The number of allylic oxidation sites excluding steroid dienone is 1. The molecule has 136 valence electrons. The SMILES string of the molecule is O=C(NCc1cccnc1)C1=C(c2ccc(-c3ccc(Br)cc3)[nH]2)CCC1. The zero-order valence-corrected chi connectivity index (χ0v) is 16.4. The third kappa shape index (κ3) is 4.03. The van der Waals surface area contributed by atoms with Crippen molar-refractivity contribution in [3.63, 3.8) is 0 Å². The van der Waals surface area contributed by atoms with E-state index in [0.29, 0.717) is 6.54 Å². The minimum Gasteiger partial charge on any atom is -0.355 e. The number of rotatable bonds is 5. The standard InChI is InChI=1S/C22H20BrN3O/c23-17-8-6-16(7-9-17)20-10-11-21(26-20)18-4-1-5-19(18)22(27)25-14-15-3-2-12-24-13-15/h2-3,6-13,26H,1,4-5,14H2,(H,25,27). The first-order chi connectivity index (χ1) is 13.2. The van der Waals surface area contributed by atoms with Gasteiger partial charge in [-0.1, -0.05) is 34.1 Å². The van der Waals surface area contributed by atoms with Crippen LogP contribution in [0.1, 0.15) is 30.5 Å². The van der Waals surface area contributed by atoms with E-state index in [9.17, 15) is 4.79 Å². The molecule has 0 aliphatic heterocycles. The molecular formula is C22H20BrN3O. The van der Waals surface area contributed by atoms with E-state index in [0.717, 1.165) is 57.4 Å². The van der Waals surface area contributed by atoms with Crippen LogP contribution in [0.2, 0.25) is 0 Å². The second-order valence-corrected chi connectivity index (χ2v) is 7.56. The molecule has 1 amide bonds. The molecule has 1 aromatic carbocycles. The first-order valence-electron chi connectivity index (χ1n) is 9.05. The molecule has 5 heteroatoms. The fourth-order valence-corrected chi connectivity index (χ4v) is 3.72. The van der Waals surface area contributed by atoms with Crippen molar-refractivity contribution in [2.75, 3.05) is 0 Å². The molecule has 0 spiro atoms. The average Bonchev–Trinajstić information content (AvgIpc) is 3.37. The Bertz CT molecular complexity index is 974. The van der Waals surface area contributed by atoms with E-state index in [1.54, 1.807) is 12.4 Å². The number of hydrogen-bond donors (Lipinski definition) is 2. The molecule has 0 bridgehead atoms. The van der Waals surface area contributed by atoms with Gasteiger partial charge in [0.1, 0.15) is 0 Å². The first kappa shape index (κ1) is 17.7. The largest absolute Gasteiger partial charge is 0.355 e. The number of pyridine rings is 1. The van der Waals surface area contributed by atoms with E-state index >= 15 is 0 Å². The number of nitrogens with one attached hydrogen (secondary N) is 2. The van der Waals surface area contributed by atoms with Crippen LogP contribution < -0.4 is 5.32 Å². The topological polar surface area (TPSA) is 57.8 Å². The third-order valence-electron chi connectivity index (χ3n) is 4.83. The zero-order chi connectivity index (χ0) is 18.6. The second-order valence-electron chi connectivity index (χ2n) is 6.65.